The second kappa shape index (κ2) is 7.27. The molecule has 5 nitrogen and oxygen atoms in total. The van der Waals surface area contributed by atoms with Crippen molar-refractivity contribution >= 4 is 11.9 Å². The molecule has 0 unspecified atom stereocenters. The highest BCUT2D eigenvalue weighted by atomic mass is 16.5. The van der Waals surface area contributed by atoms with Crippen LogP contribution in [-0.2, 0) is 0 Å². The van der Waals surface area contributed by atoms with E-state index in [2.05, 4.69) is 5.10 Å². The number of rotatable bonds is 5. The molecule has 0 spiro atoms. The van der Waals surface area contributed by atoms with Gasteiger partial charge in [-0.2, -0.15) is 5.10 Å². The summed E-state index contributed by atoms with van der Waals surface area (Å²) >= 11 is 0. The van der Waals surface area contributed by atoms with E-state index in [0.29, 0.717) is 5.56 Å². The number of aromatic nitrogens is 2. The summed E-state index contributed by atoms with van der Waals surface area (Å²) in [5.41, 5.74) is 4.14. The molecule has 0 bridgehead atoms. The summed E-state index contributed by atoms with van der Waals surface area (Å²) in [4.78, 5) is 12.4. The minimum Gasteiger partial charge on any atom is -0.504 e. The van der Waals surface area contributed by atoms with Gasteiger partial charge in [-0.3, -0.25) is 4.79 Å². The molecule has 0 amide bonds. The van der Waals surface area contributed by atoms with Crippen molar-refractivity contribution < 1.29 is 14.6 Å². The van der Waals surface area contributed by atoms with Crippen LogP contribution >= 0.6 is 0 Å². The summed E-state index contributed by atoms with van der Waals surface area (Å²) in [6, 6.07) is 14.4. The second-order valence-electron chi connectivity index (χ2n) is 5.92. The number of carbonyl (C=O) groups excluding carboxylic acids is 1. The van der Waals surface area contributed by atoms with Crippen molar-refractivity contribution in [3.05, 3.63) is 77.1 Å². The van der Waals surface area contributed by atoms with Gasteiger partial charge in [0.25, 0.3) is 0 Å². The quantitative estimate of drug-likeness (QED) is 0.557. The number of carbonyl (C=O) groups is 1. The zero-order valence-electron chi connectivity index (χ0n) is 14.9. The minimum absolute atomic E-state index is 0.00357. The van der Waals surface area contributed by atoms with Gasteiger partial charge in [-0.1, -0.05) is 18.2 Å². The van der Waals surface area contributed by atoms with E-state index in [0.717, 1.165) is 22.6 Å². The Labute approximate surface area is 152 Å². The summed E-state index contributed by atoms with van der Waals surface area (Å²) in [6.45, 7) is 3.89. The number of para-hydroxylation sites is 1. The van der Waals surface area contributed by atoms with Crippen LogP contribution in [0.2, 0.25) is 0 Å². The van der Waals surface area contributed by atoms with Gasteiger partial charge in [0.15, 0.2) is 17.3 Å². The van der Waals surface area contributed by atoms with Crippen LogP contribution in [0.25, 0.3) is 11.8 Å². The Hall–Kier alpha value is -3.34. The second-order valence-corrected chi connectivity index (χ2v) is 5.92. The predicted octanol–water partition coefficient (Wildman–Crippen LogP) is 4.10. The first-order valence-corrected chi connectivity index (χ1v) is 8.22. The normalized spacial score (nSPS) is 11.0. The molecule has 3 rings (SSSR count). The van der Waals surface area contributed by atoms with E-state index < -0.39 is 0 Å². The molecule has 1 aromatic heterocycles. The standard InChI is InChI=1S/C21H20N2O3/c1-14-18(15(2)23(22-14)17-7-5-4-6-8-17)10-12-19(24)16-9-11-20(25)21(13-16)26-3/h4-13,25H,1-3H3. The molecule has 0 atom stereocenters. The summed E-state index contributed by atoms with van der Waals surface area (Å²) in [7, 11) is 1.45. The van der Waals surface area contributed by atoms with E-state index in [1.807, 2.05) is 48.9 Å². The Morgan fingerprint density at radius 2 is 1.88 bits per heavy atom. The van der Waals surface area contributed by atoms with Crippen molar-refractivity contribution in [2.45, 2.75) is 13.8 Å². The van der Waals surface area contributed by atoms with Gasteiger partial charge in [0.1, 0.15) is 0 Å². The van der Waals surface area contributed by atoms with Crippen molar-refractivity contribution in [3.8, 4) is 17.2 Å². The summed E-state index contributed by atoms with van der Waals surface area (Å²) in [6.07, 6.45) is 3.29. The van der Waals surface area contributed by atoms with Gasteiger partial charge in [0, 0.05) is 16.8 Å². The topological polar surface area (TPSA) is 64.3 Å². The zero-order chi connectivity index (χ0) is 18.7. The molecule has 26 heavy (non-hydrogen) atoms. The lowest BCUT2D eigenvalue weighted by molar-refractivity contribution is 0.104. The Morgan fingerprint density at radius 3 is 2.58 bits per heavy atom. The van der Waals surface area contributed by atoms with Gasteiger partial charge in [-0.15, -0.1) is 0 Å². The molecule has 132 valence electrons. The van der Waals surface area contributed by atoms with E-state index in [1.165, 1.54) is 25.3 Å². The average Bonchev–Trinajstić information content (AvgIpc) is 2.94. The van der Waals surface area contributed by atoms with E-state index >= 15 is 0 Å². The SMILES string of the molecule is COc1cc(C(=O)C=Cc2c(C)nn(-c3ccccc3)c2C)ccc1O. The van der Waals surface area contributed by atoms with Crippen LogP contribution in [0.1, 0.15) is 27.3 Å². The fourth-order valence-electron chi connectivity index (χ4n) is 2.80. The summed E-state index contributed by atoms with van der Waals surface area (Å²) in [5, 5.41) is 14.2. The maximum atomic E-state index is 12.4. The molecule has 1 heterocycles. The number of methoxy groups -OCH3 is 1. The van der Waals surface area contributed by atoms with E-state index in [4.69, 9.17) is 4.74 Å². The number of hydrogen-bond donors (Lipinski definition) is 1. The van der Waals surface area contributed by atoms with Crippen LogP contribution < -0.4 is 4.74 Å². The number of nitrogens with zero attached hydrogens (tertiary/aromatic N) is 2. The molecule has 2 aromatic carbocycles. The van der Waals surface area contributed by atoms with E-state index in [-0.39, 0.29) is 17.3 Å². The van der Waals surface area contributed by atoms with Crippen molar-refractivity contribution in [1.29, 1.82) is 0 Å². The molecule has 1 N–H and O–H groups in total. The highest BCUT2D eigenvalue weighted by Gasteiger charge is 2.12. The number of ketones is 1. The first kappa shape index (κ1) is 17.5. The molecule has 0 aliphatic heterocycles. The van der Waals surface area contributed by atoms with E-state index in [9.17, 15) is 9.90 Å². The first-order chi connectivity index (χ1) is 12.5. The maximum Gasteiger partial charge on any atom is 0.185 e. The van der Waals surface area contributed by atoms with Gasteiger partial charge in [-0.25, -0.2) is 4.68 Å². The fourth-order valence-corrected chi connectivity index (χ4v) is 2.80. The highest BCUT2D eigenvalue weighted by Crippen LogP contribution is 2.27. The fraction of sp³-hybridized carbons (Fsp3) is 0.143. The minimum atomic E-state index is -0.172. The third-order valence-electron chi connectivity index (χ3n) is 4.21. The van der Waals surface area contributed by atoms with Gasteiger partial charge < -0.3 is 9.84 Å². The molecule has 5 heteroatoms. The Bertz CT molecular complexity index is 972. The molecule has 0 fully saturated rings. The Morgan fingerprint density at radius 1 is 1.15 bits per heavy atom. The van der Waals surface area contributed by atoms with Gasteiger partial charge in [0.05, 0.1) is 18.5 Å². The third kappa shape index (κ3) is 3.37. The highest BCUT2D eigenvalue weighted by molar-refractivity contribution is 6.07. The van der Waals surface area contributed by atoms with Gasteiger partial charge in [0.2, 0.25) is 0 Å². The molecule has 0 aliphatic rings. The number of phenols is 1. The molecule has 3 aromatic rings. The Kier molecular flexibility index (Phi) is 4.89. The lowest BCUT2D eigenvalue weighted by Crippen LogP contribution is -1.98. The van der Waals surface area contributed by atoms with Crippen molar-refractivity contribution in [3.63, 3.8) is 0 Å². The summed E-state index contributed by atoms with van der Waals surface area (Å²) < 4.78 is 6.91. The van der Waals surface area contributed by atoms with Crippen LogP contribution in [0.15, 0.2) is 54.6 Å². The number of aryl methyl sites for hydroxylation is 1. The third-order valence-corrected chi connectivity index (χ3v) is 4.21. The smallest absolute Gasteiger partial charge is 0.185 e. The van der Waals surface area contributed by atoms with Crippen LogP contribution in [0, 0.1) is 13.8 Å². The van der Waals surface area contributed by atoms with Crippen molar-refractivity contribution in [2.24, 2.45) is 0 Å². The molecule has 0 saturated carbocycles. The number of allylic oxidation sites excluding steroid dienone is 1. The zero-order valence-corrected chi connectivity index (χ0v) is 14.9. The summed E-state index contributed by atoms with van der Waals surface area (Å²) in [5.74, 6) is 0.104. The number of aromatic hydroxyl groups is 1. The lowest BCUT2D eigenvalue weighted by Gasteiger charge is -2.04. The number of ether oxygens (including phenoxy) is 1. The monoisotopic (exact) mass is 348 g/mol. The van der Waals surface area contributed by atoms with Gasteiger partial charge >= 0.3 is 0 Å². The molecule has 0 saturated heterocycles. The van der Waals surface area contributed by atoms with Crippen LogP contribution in [0.5, 0.6) is 11.5 Å². The average molecular weight is 348 g/mol. The molecule has 0 aliphatic carbocycles. The van der Waals surface area contributed by atoms with Crippen molar-refractivity contribution in [1.82, 2.24) is 9.78 Å². The number of hydrogen-bond acceptors (Lipinski definition) is 4. The number of benzene rings is 2. The van der Waals surface area contributed by atoms with Crippen LogP contribution in [0.4, 0.5) is 0 Å². The molecular weight excluding hydrogens is 328 g/mol. The molecular formula is C21H20N2O3. The van der Waals surface area contributed by atoms with E-state index in [1.54, 1.807) is 12.1 Å². The Balaban J connectivity index is 1.89. The largest absolute Gasteiger partial charge is 0.504 e. The molecule has 0 radical (unpaired) electrons. The van der Waals surface area contributed by atoms with Crippen molar-refractivity contribution in [2.75, 3.05) is 7.11 Å². The first-order valence-electron chi connectivity index (χ1n) is 8.22. The lowest BCUT2D eigenvalue weighted by atomic mass is 10.1. The number of phenolic OH excluding ortho intramolecular Hbond substituents is 1. The van der Waals surface area contributed by atoms with Gasteiger partial charge in [-0.05, 0) is 56.3 Å². The van der Waals surface area contributed by atoms with Crippen LogP contribution in [-0.4, -0.2) is 27.8 Å². The van der Waals surface area contributed by atoms with Crippen LogP contribution in [0.3, 0.4) is 0 Å². The maximum absolute atomic E-state index is 12.4. The predicted molar refractivity (Wildman–Crippen MR) is 101 cm³/mol.